The Bertz CT molecular complexity index is 863. The van der Waals surface area contributed by atoms with Gasteiger partial charge in [-0.15, -0.1) is 0 Å². The SMILES string of the molecule is CNc1nc(Sc2nc(N)cc(=O)[nH]2)c2ccccc2n1. The Kier molecular flexibility index (Phi) is 3.44. The van der Waals surface area contributed by atoms with Crippen molar-refractivity contribution in [3.8, 4) is 0 Å². The van der Waals surface area contributed by atoms with E-state index >= 15 is 0 Å². The summed E-state index contributed by atoms with van der Waals surface area (Å²) >= 11 is 1.24. The fourth-order valence-electron chi connectivity index (χ4n) is 1.83. The van der Waals surface area contributed by atoms with E-state index in [2.05, 4.69) is 25.3 Å². The van der Waals surface area contributed by atoms with Crippen LogP contribution in [0, 0.1) is 0 Å². The second-order valence-electron chi connectivity index (χ2n) is 4.20. The molecule has 106 valence electrons. The minimum atomic E-state index is -0.294. The second-order valence-corrected chi connectivity index (χ2v) is 5.17. The van der Waals surface area contributed by atoms with E-state index in [0.29, 0.717) is 16.1 Å². The summed E-state index contributed by atoms with van der Waals surface area (Å²) in [6.45, 7) is 0. The Morgan fingerprint density at radius 1 is 1.24 bits per heavy atom. The standard InChI is InChI=1S/C13H12N6OS/c1-15-12-16-8-5-3-2-4-7(8)11(19-12)21-13-17-9(14)6-10(20)18-13/h2-6H,1H3,(H,15,16,19)(H3,14,17,18,20). The Balaban J connectivity index is 2.12. The monoisotopic (exact) mass is 300 g/mol. The molecule has 2 aromatic heterocycles. The van der Waals surface area contributed by atoms with E-state index < -0.39 is 0 Å². The first-order chi connectivity index (χ1) is 10.2. The number of aromatic nitrogens is 4. The van der Waals surface area contributed by atoms with Gasteiger partial charge in [-0.25, -0.2) is 15.0 Å². The number of nitrogen functional groups attached to an aromatic ring is 1. The van der Waals surface area contributed by atoms with Gasteiger partial charge in [0.2, 0.25) is 5.95 Å². The van der Waals surface area contributed by atoms with E-state index in [1.54, 1.807) is 7.05 Å². The van der Waals surface area contributed by atoms with Crippen LogP contribution in [0.2, 0.25) is 0 Å². The summed E-state index contributed by atoms with van der Waals surface area (Å²) < 4.78 is 0. The average Bonchev–Trinajstić information content (AvgIpc) is 2.46. The lowest BCUT2D eigenvalue weighted by atomic mass is 10.2. The largest absolute Gasteiger partial charge is 0.383 e. The summed E-state index contributed by atoms with van der Waals surface area (Å²) in [4.78, 5) is 27.0. The summed E-state index contributed by atoms with van der Waals surface area (Å²) in [5.41, 5.74) is 6.11. The molecule has 0 saturated carbocycles. The van der Waals surface area contributed by atoms with Gasteiger partial charge < -0.3 is 16.0 Å². The van der Waals surface area contributed by atoms with Crippen LogP contribution in [0.25, 0.3) is 10.9 Å². The lowest BCUT2D eigenvalue weighted by Crippen LogP contribution is -2.09. The Morgan fingerprint density at radius 2 is 2.05 bits per heavy atom. The molecule has 3 rings (SSSR count). The molecule has 7 nitrogen and oxygen atoms in total. The predicted molar refractivity (Wildman–Crippen MR) is 82.5 cm³/mol. The van der Waals surface area contributed by atoms with Crippen molar-refractivity contribution >= 4 is 34.4 Å². The smallest absolute Gasteiger partial charge is 0.253 e. The Labute approximate surface area is 124 Å². The number of para-hydroxylation sites is 1. The molecule has 21 heavy (non-hydrogen) atoms. The van der Waals surface area contributed by atoms with Crippen molar-refractivity contribution in [2.75, 3.05) is 18.1 Å². The molecule has 3 aromatic rings. The van der Waals surface area contributed by atoms with E-state index in [4.69, 9.17) is 5.73 Å². The minimum absolute atomic E-state index is 0.174. The molecule has 8 heteroatoms. The maximum Gasteiger partial charge on any atom is 0.253 e. The summed E-state index contributed by atoms with van der Waals surface area (Å²) in [5.74, 6) is 0.677. The molecule has 0 saturated heterocycles. The molecule has 2 heterocycles. The van der Waals surface area contributed by atoms with Gasteiger partial charge in [0.1, 0.15) is 10.8 Å². The van der Waals surface area contributed by atoms with Crippen LogP contribution in [0.5, 0.6) is 0 Å². The number of nitrogens with zero attached hydrogens (tertiary/aromatic N) is 3. The van der Waals surface area contributed by atoms with E-state index in [1.165, 1.54) is 17.8 Å². The molecule has 0 aliphatic carbocycles. The molecule has 0 aliphatic rings. The molecule has 0 aliphatic heterocycles. The van der Waals surface area contributed by atoms with Crippen LogP contribution in [0.1, 0.15) is 0 Å². The van der Waals surface area contributed by atoms with Crippen LogP contribution in [-0.4, -0.2) is 27.0 Å². The van der Waals surface area contributed by atoms with Crippen LogP contribution in [0.4, 0.5) is 11.8 Å². The van der Waals surface area contributed by atoms with Gasteiger partial charge in [-0.3, -0.25) is 4.79 Å². The van der Waals surface area contributed by atoms with Gasteiger partial charge in [0.15, 0.2) is 5.16 Å². The van der Waals surface area contributed by atoms with Gasteiger partial charge in [0, 0.05) is 18.5 Å². The lowest BCUT2D eigenvalue weighted by molar-refractivity contribution is 0.941. The van der Waals surface area contributed by atoms with Crippen molar-refractivity contribution in [2.24, 2.45) is 0 Å². The van der Waals surface area contributed by atoms with Gasteiger partial charge in [0.05, 0.1) is 5.52 Å². The lowest BCUT2D eigenvalue weighted by Gasteiger charge is -2.07. The third kappa shape index (κ3) is 2.79. The number of benzene rings is 1. The van der Waals surface area contributed by atoms with Crippen LogP contribution in [0.15, 0.2) is 45.3 Å². The Hall–Kier alpha value is -2.61. The molecule has 0 amide bonds. The average molecular weight is 300 g/mol. The zero-order valence-corrected chi connectivity index (χ0v) is 11.9. The maximum absolute atomic E-state index is 11.5. The molecule has 0 fully saturated rings. The summed E-state index contributed by atoms with van der Waals surface area (Å²) in [6.07, 6.45) is 0. The van der Waals surface area contributed by atoms with Gasteiger partial charge in [-0.2, -0.15) is 0 Å². The van der Waals surface area contributed by atoms with Crippen molar-refractivity contribution in [1.82, 2.24) is 19.9 Å². The fraction of sp³-hybridized carbons (Fsp3) is 0.0769. The highest BCUT2D eigenvalue weighted by Crippen LogP contribution is 2.30. The first kappa shape index (κ1) is 13.4. The maximum atomic E-state index is 11.5. The van der Waals surface area contributed by atoms with E-state index in [1.807, 2.05) is 24.3 Å². The van der Waals surface area contributed by atoms with Crippen molar-refractivity contribution in [2.45, 2.75) is 10.2 Å². The molecule has 0 unspecified atom stereocenters. The first-order valence-electron chi connectivity index (χ1n) is 6.15. The van der Waals surface area contributed by atoms with Gasteiger partial charge in [0.25, 0.3) is 5.56 Å². The fourth-order valence-corrected chi connectivity index (χ4v) is 2.73. The molecular formula is C13H12N6OS. The number of nitrogens with two attached hydrogens (primary N) is 1. The van der Waals surface area contributed by atoms with Crippen molar-refractivity contribution in [3.05, 3.63) is 40.7 Å². The van der Waals surface area contributed by atoms with Crippen LogP contribution in [0.3, 0.4) is 0 Å². The zero-order valence-electron chi connectivity index (χ0n) is 11.1. The third-order valence-electron chi connectivity index (χ3n) is 2.72. The van der Waals surface area contributed by atoms with E-state index in [-0.39, 0.29) is 11.4 Å². The predicted octanol–water partition coefficient (Wildman–Crippen LogP) is 1.49. The molecule has 0 atom stereocenters. The van der Waals surface area contributed by atoms with Crippen LogP contribution >= 0.6 is 11.8 Å². The molecule has 0 radical (unpaired) electrons. The third-order valence-corrected chi connectivity index (χ3v) is 3.62. The number of hydrogen-bond donors (Lipinski definition) is 3. The number of anilines is 2. The summed E-state index contributed by atoms with van der Waals surface area (Å²) in [7, 11) is 1.75. The number of nitrogens with one attached hydrogen (secondary N) is 2. The van der Waals surface area contributed by atoms with Crippen molar-refractivity contribution < 1.29 is 0 Å². The number of H-pyrrole nitrogens is 1. The zero-order chi connectivity index (χ0) is 14.8. The topological polar surface area (TPSA) is 110 Å². The molecule has 4 N–H and O–H groups in total. The number of rotatable bonds is 3. The first-order valence-corrected chi connectivity index (χ1v) is 6.96. The molecule has 0 bridgehead atoms. The van der Waals surface area contributed by atoms with Gasteiger partial charge in [-0.1, -0.05) is 18.2 Å². The highest BCUT2D eigenvalue weighted by atomic mass is 32.2. The molecule has 0 spiro atoms. The second kappa shape index (κ2) is 5.41. The van der Waals surface area contributed by atoms with Gasteiger partial charge >= 0.3 is 0 Å². The van der Waals surface area contributed by atoms with Crippen LogP contribution < -0.4 is 16.6 Å². The highest BCUT2D eigenvalue weighted by molar-refractivity contribution is 7.99. The van der Waals surface area contributed by atoms with Gasteiger partial charge in [-0.05, 0) is 17.8 Å². The minimum Gasteiger partial charge on any atom is -0.383 e. The number of fused-ring (bicyclic) bond motifs is 1. The quantitative estimate of drug-likeness (QED) is 0.496. The van der Waals surface area contributed by atoms with Crippen LogP contribution in [-0.2, 0) is 0 Å². The summed E-state index contributed by atoms with van der Waals surface area (Å²) in [5, 5.41) is 4.88. The number of hydrogen-bond acceptors (Lipinski definition) is 7. The van der Waals surface area contributed by atoms with E-state index in [0.717, 1.165) is 10.9 Å². The van der Waals surface area contributed by atoms with Crippen molar-refractivity contribution in [3.63, 3.8) is 0 Å². The molecule has 1 aromatic carbocycles. The molecular weight excluding hydrogens is 288 g/mol. The Morgan fingerprint density at radius 3 is 2.81 bits per heavy atom. The normalized spacial score (nSPS) is 10.7. The highest BCUT2D eigenvalue weighted by Gasteiger charge is 2.10. The van der Waals surface area contributed by atoms with E-state index in [9.17, 15) is 4.79 Å². The summed E-state index contributed by atoms with van der Waals surface area (Å²) in [6, 6.07) is 8.87. The number of aromatic amines is 1. The van der Waals surface area contributed by atoms with Crippen molar-refractivity contribution in [1.29, 1.82) is 0 Å².